The maximum absolute atomic E-state index is 13.7. The fraction of sp³-hybridized carbons (Fsp3) is 0.679. The van der Waals surface area contributed by atoms with Gasteiger partial charge in [0.1, 0.15) is 12.1 Å². The van der Waals surface area contributed by atoms with E-state index in [-0.39, 0.29) is 43.8 Å². The van der Waals surface area contributed by atoms with Crippen LogP contribution in [-0.4, -0.2) is 60.1 Å². The molecule has 0 radical (unpaired) electrons. The molecule has 0 heterocycles. The smallest absolute Gasteiger partial charge is 0.247 e. The van der Waals surface area contributed by atoms with Gasteiger partial charge in [-0.05, 0) is 140 Å². The minimum atomic E-state index is -0.916. The number of ether oxygens (including phenoxy) is 1. The van der Waals surface area contributed by atoms with Crippen LogP contribution in [-0.2, 0) is 36.9 Å². The van der Waals surface area contributed by atoms with E-state index in [9.17, 15) is 24.3 Å². The fourth-order valence-corrected chi connectivity index (χ4v) is 12.9. The molecule has 2 aromatic carbocycles. The molecule has 0 spiro atoms. The predicted molar refractivity (Wildman–Crippen MR) is 264 cm³/mol. The molecule has 0 bridgehead atoms. The summed E-state index contributed by atoms with van der Waals surface area (Å²) >= 11 is 0. The summed E-state index contributed by atoms with van der Waals surface area (Å²) in [6.45, 7) is 17.4. The maximum atomic E-state index is 13.7. The van der Waals surface area contributed by atoms with Crippen LogP contribution in [0.15, 0.2) is 66.2 Å². The van der Waals surface area contributed by atoms with Crippen LogP contribution in [0.2, 0.25) is 0 Å². The van der Waals surface area contributed by atoms with Crippen LogP contribution >= 0.6 is 0 Å². The zero-order valence-electron chi connectivity index (χ0n) is 41.5. The van der Waals surface area contributed by atoms with Gasteiger partial charge in [-0.1, -0.05) is 122 Å². The summed E-state index contributed by atoms with van der Waals surface area (Å²) in [7, 11) is 0. The van der Waals surface area contributed by atoms with Gasteiger partial charge in [0.05, 0.1) is 12.7 Å². The van der Waals surface area contributed by atoms with Crippen molar-refractivity contribution in [2.75, 3.05) is 18.5 Å². The summed E-state index contributed by atoms with van der Waals surface area (Å²) in [4.78, 5) is 53.3. The van der Waals surface area contributed by atoms with E-state index in [0.717, 1.165) is 53.9 Å². The Morgan fingerprint density at radius 3 is 2.21 bits per heavy atom. The molecule has 10 heteroatoms. The van der Waals surface area contributed by atoms with Crippen molar-refractivity contribution in [3.05, 3.63) is 77.4 Å². The molecular formula is C56H84N4O6. The number of hydrogen-bond donors (Lipinski definition) is 5. The van der Waals surface area contributed by atoms with Crippen molar-refractivity contribution < 1.29 is 29.0 Å². The van der Waals surface area contributed by atoms with Crippen LogP contribution < -0.4 is 21.3 Å². The quantitative estimate of drug-likeness (QED) is 0.0555. The topological polar surface area (TPSA) is 146 Å². The lowest BCUT2D eigenvalue weighted by Gasteiger charge is -2.58. The van der Waals surface area contributed by atoms with Gasteiger partial charge < -0.3 is 31.1 Å². The number of anilines is 1. The summed E-state index contributed by atoms with van der Waals surface area (Å²) in [6, 6.07) is 14.5. The average Bonchev–Trinajstić information content (AvgIpc) is 3.65. The molecule has 3 saturated carbocycles. The number of carbonyl (C=O) groups is 4. The van der Waals surface area contributed by atoms with Crippen molar-refractivity contribution in [2.45, 2.75) is 176 Å². The van der Waals surface area contributed by atoms with Gasteiger partial charge in [0, 0.05) is 38.1 Å². The normalized spacial score (nSPS) is 27.1. The highest BCUT2D eigenvalue weighted by atomic mass is 16.5. The zero-order valence-corrected chi connectivity index (χ0v) is 41.5. The third-order valence-corrected chi connectivity index (χ3v) is 16.5. The number of aliphatic hydroxyl groups is 1. The Morgan fingerprint density at radius 2 is 1.50 bits per heavy atom. The minimum absolute atomic E-state index is 0.00628. The molecule has 4 amide bonds. The number of allylic oxidation sites excluding steroid dienone is 1. The van der Waals surface area contributed by atoms with Crippen molar-refractivity contribution in [1.82, 2.24) is 16.0 Å². The Bertz CT molecular complexity index is 1930. The monoisotopic (exact) mass is 909 g/mol. The molecule has 2 aromatic rings. The first-order valence-electron chi connectivity index (χ1n) is 25.8. The van der Waals surface area contributed by atoms with Crippen LogP contribution in [0.25, 0.3) is 0 Å². The van der Waals surface area contributed by atoms with Gasteiger partial charge in [0.25, 0.3) is 0 Å². The number of amides is 4. The lowest BCUT2D eigenvalue weighted by Crippen LogP contribution is -2.53. The van der Waals surface area contributed by atoms with Crippen LogP contribution in [0.5, 0.6) is 0 Å². The Labute approximate surface area is 397 Å². The molecule has 10 atom stereocenters. The van der Waals surface area contributed by atoms with Crippen LogP contribution in [0.3, 0.4) is 0 Å². The lowest BCUT2D eigenvalue weighted by molar-refractivity contribution is -0.132. The summed E-state index contributed by atoms with van der Waals surface area (Å²) < 4.78 is 6.45. The van der Waals surface area contributed by atoms with Crippen molar-refractivity contribution in [2.24, 2.45) is 52.3 Å². The molecule has 6 rings (SSSR count). The van der Waals surface area contributed by atoms with Gasteiger partial charge in [-0.3, -0.25) is 19.2 Å². The number of fused-ring (bicyclic) bond motifs is 5. The first-order valence-corrected chi connectivity index (χ1v) is 25.8. The van der Waals surface area contributed by atoms with Crippen molar-refractivity contribution in [3.8, 4) is 0 Å². The third-order valence-electron chi connectivity index (χ3n) is 16.5. The van der Waals surface area contributed by atoms with E-state index in [1.807, 2.05) is 44.2 Å². The number of benzene rings is 2. The van der Waals surface area contributed by atoms with E-state index in [2.05, 4.69) is 62.0 Å². The molecule has 4 aliphatic carbocycles. The van der Waals surface area contributed by atoms with E-state index in [1.165, 1.54) is 57.8 Å². The maximum Gasteiger partial charge on any atom is 0.247 e. The molecule has 5 N–H and O–H groups in total. The van der Waals surface area contributed by atoms with E-state index in [1.54, 1.807) is 29.8 Å². The Morgan fingerprint density at radius 1 is 0.758 bits per heavy atom. The second kappa shape index (κ2) is 23.8. The van der Waals surface area contributed by atoms with E-state index in [0.29, 0.717) is 48.1 Å². The van der Waals surface area contributed by atoms with Gasteiger partial charge in [-0.2, -0.15) is 0 Å². The molecule has 3 fully saturated rings. The largest absolute Gasteiger partial charge is 0.392 e. The Balaban J connectivity index is 0.912. The second-order valence-electron chi connectivity index (χ2n) is 22.1. The molecule has 364 valence electrons. The molecule has 0 unspecified atom stereocenters. The van der Waals surface area contributed by atoms with E-state index in [4.69, 9.17) is 4.74 Å². The number of aliphatic hydroxyl groups excluding tert-OH is 1. The van der Waals surface area contributed by atoms with Crippen LogP contribution in [0.4, 0.5) is 5.69 Å². The zero-order chi connectivity index (χ0) is 47.4. The second-order valence-corrected chi connectivity index (χ2v) is 22.1. The van der Waals surface area contributed by atoms with Crippen molar-refractivity contribution in [1.29, 1.82) is 0 Å². The highest BCUT2D eigenvalue weighted by molar-refractivity contribution is 5.98. The molecule has 0 saturated heterocycles. The van der Waals surface area contributed by atoms with E-state index < -0.39 is 29.8 Å². The van der Waals surface area contributed by atoms with Crippen molar-refractivity contribution in [3.63, 3.8) is 0 Å². The molecule has 0 aromatic heterocycles. The van der Waals surface area contributed by atoms with Gasteiger partial charge >= 0.3 is 0 Å². The molecular weight excluding hydrogens is 825 g/mol. The van der Waals surface area contributed by atoms with Gasteiger partial charge in [-0.25, -0.2) is 0 Å². The summed E-state index contributed by atoms with van der Waals surface area (Å²) in [5.41, 5.74) is 4.56. The minimum Gasteiger partial charge on any atom is -0.392 e. The molecule has 10 nitrogen and oxygen atoms in total. The number of rotatable bonds is 23. The Kier molecular flexibility index (Phi) is 18.5. The molecule has 66 heavy (non-hydrogen) atoms. The standard InChI is InChI=1S/C56H84N4O6/c1-37(2)13-11-14-39(5)46-23-24-47-45-22-19-42-35-44(27-29-55(42,6)48(45)28-30-56(46,47)7)66-32-12-31-57-51(62)25-26-52(63)59-49(33-38(3)4)54(65)60-50(34-40-15-9-8-10-16-40)53(64)58-43-20-17-41(36-61)18-21-43/h8-10,15-21,37-39,44-50,61H,11-14,22-36H2,1-7H3,(H,57,62)(H,58,64)(H,59,63)(H,60,65)/t39-,44+,45+,46-,47+,48+,49+,50+,55+,56-/m1/s1. The highest BCUT2D eigenvalue weighted by Gasteiger charge is 2.59. The summed E-state index contributed by atoms with van der Waals surface area (Å²) in [6.07, 6.45) is 18.4. The van der Waals surface area contributed by atoms with E-state index >= 15 is 0 Å². The fourth-order valence-electron chi connectivity index (χ4n) is 12.9. The predicted octanol–water partition coefficient (Wildman–Crippen LogP) is 10.1. The number of nitrogens with one attached hydrogen (secondary N) is 4. The lowest BCUT2D eigenvalue weighted by atomic mass is 9.47. The number of carbonyl (C=O) groups excluding carboxylic acids is 4. The van der Waals surface area contributed by atoms with Crippen LogP contribution in [0, 0.1) is 52.3 Å². The van der Waals surface area contributed by atoms with Gasteiger partial charge in [-0.15, -0.1) is 0 Å². The SMILES string of the molecule is CC(C)CCC[C@@H](C)[C@H]1CC[C@H]2[C@@H]3CC=C4C[C@@H](OCCCNC(=O)CCC(=O)N[C@@H](CC(C)C)C(=O)N[C@@H](Cc5ccccc5)C(=O)Nc5ccc(CO)cc5)CC[C@]4(C)[C@H]3CC[C@]12C. The first kappa shape index (κ1) is 51.4. The molecule has 4 aliphatic rings. The third kappa shape index (κ3) is 13.4. The average molecular weight is 909 g/mol. The van der Waals surface area contributed by atoms with Crippen molar-refractivity contribution >= 4 is 29.3 Å². The molecule has 0 aliphatic heterocycles. The first-order chi connectivity index (χ1) is 31.6. The van der Waals surface area contributed by atoms with Gasteiger partial charge in [0.15, 0.2) is 0 Å². The van der Waals surface area contributed by atoms with Crippen LogP contribution in [0.1, 0.15) is 156 Å². The Hall–Kier alpha value is -4.02. The summed E-state index contributed by atoms with van der Waals surface area (Å²) in [5.74, 6) is 3.61. The number of hydrogen-bond acceptors (Lipinski definition) is 6. The highest BCUT2D eigenvalue weighted by Crippen LogP contribution is 2.67. The van der Waals surface area contributed by atoms with Gasteiger partial charge in [0.2, 0.25) is 23.6 Å². The summed E-state index contributed by atoms with van der Waals surface area (Å²) in [5, 5.41) is 21.0.